The van der Waals surface area contributed by atoms with Crippen molar-refractivity contribution in [1.82, 2.24) is 25.3 Å². The number of hydrazine groups is 1. The molecular weight excluding hydrogens is 968 g/mol. The number of carbonyl (C=O) groups excluding carboxylic acids is 4. The number of benzene rings is 5. The average Bonchev–Trinajstić information content (AvgIpc) is 3.33. The summed E-state index contributed by atoms with van der Waals surface area (Å²) < 4.78 is 34.4. The Labute approximate surface area is 423 Å². The molecule has 2 unspecified atom stereocenters. The molecule has 0 aromatic heterocycles. The summed E-state index contributed by atoms with van der Waals surface area (Å²) in [5.74, 6) is -1.62. The first kappa shape index (κ1) is 53.8. The lowest BCUT2D eigenvalue weighted by atomic mass is 9.99. The number of sulfonamides is 1. The van der Waals surface area contributed by atoms with Gasteiger partial charge in [-0.2, -0.15) is 0 Å². The van der Waals surface area contributed by atoms with E-state index in [1.165, 1.54) is 17.5 Å². The van der Waals surface area contributed by atoms with Crippen LogP contribution in [0.15, 0.2) is 138 Å². The number of amides is 3. The second kappa shape index (κ2) is 25.0. The van der Waals surface area contributed by atoms with Crippen LogP contribution in [0.5, 0.6) is 0 Å². The lowest BCUT2D eigenvalue weighted by Crippen LogP contribution is -2.54. The highest BCUT2D eigenvalue weighted by atomic mass is 35.5. The standard InChI is InChI=1S/C51H59ClN8O9S2/c1-36(53-50(64)69-51(2,3)4)48(62)54-42(35-61)33-59(55-41-14-7-5-8-15-41)34-44(60(65)66)31-47(70-45-16-9-6-10-17-45)71(67,68)56-49(63)38-21-25-43(26-22-38)58-29-27-57(28-30-58)32-39-13-11-12-18-46(39)37-19-23-40(52)24-20-37/h5-26,35-36,42,44,47,55H,27-34H2,1-4H3,(H,53,64)(H,54,62)(H,56,63)/t36-,42+,44?,47?/m0/s1. The fraction of sp³-hybridized carbons (Fsp3) is 0.333. The molecule has 1 aliphatic rings. The van der Waals surface area contributed by atoms with E-state index in [0.29, 0.717) is 21.9 Å². The average molecular weight is 1030 g/mol. The minimum Gasteiger partial charge on any atom is -0.444 e. The molecule has 4 atom stereocenters. The van der Waals surface area contributed by atoms with Crippen LogP contribution in [-0.4, -0.2) is 115 Å². The van der Waals surface area contributed by atoms with E-state index in [1.807, 2.05) is 36.4 Å². The molecule has 0 aliphatic carbocycles. The molecule has 20 heteroatoms. The zero-order chi connectivity index (χ0) is 51.1. The number of hydrogen-bond donors (Lipinski definition) is 4. The summed E-state index contributed by atoms with van der Waals surface area (Å²) in [5.41, 5.74) is 7.12. The van der Waals surface area contributed by atoms with Gasteiger partial charge in [0.05, 0.1) is 12.6 Å². The summed E-state index contributed by atoms with van der Waals surface area (Å²) in [4.78, 5) is 68.9. The van der Waals surface area contributed by atoms with Crippen molar-refractivity contribution in [3.8, 4) is 11.1 Å². The van der Waals surface area contributed by atoms with Crippen LogP contribution in [0.2, 0.25) is 5.02 Å². The van der Waals surface area contributed by atoms with Gasteiger partial charge in [0, 0.05) is 77.5 Å². The lowest BCUT2D eigenvalue weighted by molar-refractivity contribution is -0.523. The SMILES string of the molecule is C[C@H](NC(=O)OC(C)(C)C)C(=O)N[C@@H](C=O)CN(CC(CC(Sc1ccccc1)S(=O)(=O)NC(=O)c1ccc(N2CCN(Cc3ccccc3-c3ccc(Cl)cc3)CC2)cc1)[N+](=O)[O-])Nc1ccccc1. The normalized spacial score (nSPS) is 14.9. The van der Waals surface area contributed by atoms with Crippen LogP contribution in [0, 0.1) is 10.1 Å². The van der Waals surface area contributed by atoms with Gasteiger partial charge in [0.2, 0.25) is 22.0 Å². The smallest absolute Gasteiger partial charge is 0.408 e. The lowest BCUT2D eigenvalue weighted by Gasteiger charge is -2.36. The summed E-state index contributed by atoms with van der Waals surface area (Å²) in [6.45, 7) is 9.45. The van der Waals surface area contributed by atoms with E-state index in [9.17, 15) is 37.7 Å². The Kier molecular flexibility index (Phi) is 19.0. The second-order valence-corrected chi connectivity index (χ2v) is 21.9. The van der Waals surface area contributed by atoms with E-state index in [2.05, 4.69) is 42.7 Å². The van der Waals surface area contributed by atoms with Crippen molar-refractivity contribution < 1.29 is 37.3 Å². The van der Waals surface area contributed by atoms with Gasteiger partial charge in [-0.05, 0) is 105 Å². The number of ether oxygens (including phenoxy) is 1. The molecule has 1 heterocycles. The Morgan fingerprint density at radius 2 is 1.46 bits per heavy atom. The van der Waals surface area contributed by atoms with Gasteiger partial charge in [-0.15, -0.1) is 11.8 Å². The molecule has 17 nitrogen and oxygen atoms in total. The molecule has 3 amide bonds. The number of nitrogens with one attached hydrogen (secondary N) is 4. The van der Waals surface area contributed by atoms with Crippen molar-refractivity contribution in [2.75, 3.05) is 49.6 Å². The summed E-state index contributed by atoms with van der Waals surface area (Å²) >= 11 is 6.99. The minimum absolute atomic E-state index is 0.0832. The van der Waals surface area contributed by atoms with E-state index >= 15 is 0 Å². The van der Waals surface area contributed by atoms with Gasteiger partial charge >= 0.3 is 6.09 Å². The van der Waals surface area contributed by atoms with Gasteiger partial charge in [0.25, 0.3) is 5.91 Å². The van der Waals surface area contributed by atoms with Crippen LogP contribution in [0.3, 0.4) is 0 Å². The van der Waals surface area contributed by atoms with Crippen LogP contribution >= 0.6 is 23.4 Å². The third kappa shape index (κ3) is 16.5. The summed E-state index contributed by atoms with van der Waals surface area (Å²) in [6, 6.07) is 35.9. The Morgan fingerprint density at radius 3 is 2.08 bits per heavy atom. The number of anilines is 2. The highest BCUT2D eigenvalue weighted by Gasteiger charge is 2.38. The minimum atomic E-state index is -4.61. The van der Waals surface area contributed by atoms with Crippen LogP contribution in [0.1, 0.15) is 50.0 Å². The van der Waals surface area contributed by atoms with Crippen molar-refractivity contribution in [3.05, 3.63) is 160 Å². The number of thioether (sulfide) groups is 1. The van der Waals surface area contributed by atoms with Gasteiger partial charge in [-0.25, -0.2) is 22.9 Å². The van der Waals surface area contributed by atoms with Crippen LogP contribution < -0.4 is 25.7 Å². The van der Waals surface area contributed by atoms with Crippen molar-refractivity contribution in [1.29, 1.82) is 0 Å². The van der Waals surface area contributed by atoms with Crippen molar-refractivity contribution in [2.24, 2.45) is 0 Å². The third-order valence-electron chi connectivity index (χ3n) is 11.3. The molecule has 1 aliphatic heterocycles. The number of alkyl carbamates (subject to hydrolysis) is 1. The highest BCUT2D eigenvalue weighted by Crippen LogP contribution is 2.31. The number of nitro groups is 1. The molecule has 1 saturated heterocycles. The van der Waals surface area contributed by atoms with E-state index < -0.39 is 74.1 Å². The third-order valence-corrected chi connectivity index (χ3v) is 15.0. The number of halogens is 1. The van der Waals surface area contributed by atoms with Gasteiger partial charge in [0.15, 0.2) is 0 Å². The zero-order valence-corrected chi connectivity index (χ0v) is 42.3. The highest BCUT2D eigenvalue weighted by molar-refractivity contribution is 8.13. The molecule has 0 saturated carbocycles. The molecule has 376 valence electrons. The topological polar surface area (TPSA) is 213 Å². The van der Waals surface area contributed by atoms with Crippen LogP contribution in [0.4, 0.5) is 16.2 Å². The van der Waals surface area contributed by atoms with E-state index in [4.69, 9.17) is 16.3 Å². The fourth-order valence-electron chi connectivity index (χ4n) is 7.72. The predicted octanol–water partition coefficient (Wildman–Crippen LogP) is 7.47. The number of rotatable bonds is 22. The van der Waals surface area contributed by atoms with E-state index in [0.717, 1.165) is 61.3 Å². The maximum atomic E-state index is 14.3. The predicted molar refractivity (Wildman–Crippen MR) is 277 cm³/mol. The van der Waals surface area contributed by atoms with Gasteiger partial charge in [-0.1, -0.05) is 84.4 Å². The maximum absolute atomic E-state index is 14.3. The molecule has 4 N–H and O–H groups in total. The number of carbonyl (C=O) groups is 4. The molecule has 5 aromatic carbocycles. The largest absolute Gasteiger partial charge is 0.444 e. The van der Waals surface area contributed by atoms with Crippen LogP contribution in [0.25, 0.3) is 11.1 Å². The molecule has 0 bridgehead atoms. The van der Waals surface area contributed by atoms with Crippen molar-refractivity contribution in [3.63, 3.8) is 0 Å². The number of hydrogen-bond acceptors (Lipinski definition) is 14. The first-order chi connectivity index (χ1) is 33.8. The number of nitrogens with zero attached hydrogens (tertiary/aromatic N) is 4. The Morgan fingerprint density at radius 1 is 0.845 bits per heavy atom. The molecule has 71 heavy (non-hydrogen) atoms. The van der Waals surface area contributed by atoms with E-state index in [1.54, 1.807) is 106 Å². The zero-order valence-electron chi connectivity index (χ0n) is 39.9. The fourth-order valence-corrected chi connectivity index (χ4v) is 10.8. The van der Waals surface area contributed by atoms with Gasteiger partial charge < -0.3 is 30.5 Å². The molecule has 0 radical (unpaired) electrons. The molecule has 5 aromatic rings. The van der Waals surface area contributed by atoms with Crippen LogP contribution in [-0.2, 0) is 30.9 Å². The molecule has 6 rings (SSSR count). The first-order valence-corrected chi connectivity index (χ1v) is 25.8. The van der Waals surface area contributed by atoms with Gasteiger partial charge in [-0.3, -0.25) is 24.6 Å². The molecular formula is C51H59ClN8O9S2. The maximum Gasteiger partial charge on any atom is 0.408 e. The summed E-state index contributed by atoms with van der Waals surface area (Å²) in [5, 5.41) is 19.8. The number of para-hydroxylation sites is 1. The summed E-state index contributed by atoms with van der Waals surface area (Å²) in [7, 11) is -4.61. The van der Waals surface area contributed by atoms with Crippen molar-refractivity contribution in [2.45, 2.75) is 73.9 Å². The number of piperazine rings is 1. The van der Waals surface area contributed by atoms with Gasteiger partial charge in [0.1, 0.15) is 22.5 Å². The Hall–Kier alpha value is -6.51. The first-order valence-electron chi connectivity index (χ1n) is 23.0. The summed E-state index contributed by atoms with van der Waals surface area (Å²) in [6.07, 6.45) is -0.970. The Balaban J connectivity index is 1.12. The monoisotopic (exact) mass is 1030 g/mol. The number of aldehydes is 1. The molecule has 1 fully saturated rings. The molecule has 0 spiro atoms. The second-order valence-electron chi connectivity index (χ2n) is 18.0. The Bertz CT molecular complexity index is 2690. The van der Waals surface area contributed by atoms with E-state index in [-0.39, 0.29) is 12.1 Å². The van der Waals surface area contributed by atoms with Crippen molar-refractivity contribution >= 4 is 69.0 Å². The quantitative estimate of drug-likeness (QED) is 0.0229.